The Labute approximate surface area is 198 Å². The molecule has 2 aliphatic rings. The van der Waals surface area contributed by atoms with E-state index < -0.39 is 5.56 Å². The van der Waals surface area contributed by atoms with E-state index in [1.807, 2.05) is 42.5 Å². The van der Waals surface area contributed by atoms with Gasteiger partial charge in [-0.3, -0.25) is 14.3 Å². The summed E-state index contributed by atoms with van der Waals surface area (Å²) in [7, 11) is 0. The Balaban J connectivity index is 1.51. The highest BCUT2D eigenvalue weighted by Gasteiger charge is 2.11. The standard InChI is InChI=1S/C24H21N7O2S/c32-22-19(23(33)31(24(34)26-22)13-12-15-4-2-1-3-5-15)14-18-10-11-20(25-18)16-6-8-17(9-7-16)21-27-29-30-28-21/h1-2,4,6-11,14,25,33H,3,5,12-13H2,(H,26,32,34). The van der Waals surface area contributed by atoms with Crippen LogP contribution in [0.1, 0.15) is 24.8 Å². The summed E-state index contributed by atoms with van der Waals surface area (Å²) < 4.78 is 1.78. The summed E-state index contributed by atoms with van der Waals surface area (Å²) in [5, 5.41) is 28.9. The number of H-pyrrole nitrogens is 2. The van der Waals surface area contributed by atoms with E-state index in [0.29, 0.717) is 17.7 Å². The fraction of sp³-hybridized carbons (Fsp3) is 0.167. The van der Waals surface area contributed by atoms with Crippen LogP contribution in [0.25, 0.3) is 11.9 Å². The molecule has 5 rings (SSSR count). The molecule has 0 fully saturated rings. The van der Waals surface area contributed by atoms with Crippen molar-refractivity contribution in [3.63, 3.8) is 0 Å². The van der Waals surface area contributed by atoms with Crippen molar-refractivity contribution in [3.05, 3.63) is 102 Å². The van der Waals surface area contributed by atoms with Crippen LogP contribution in [0, 0.1) is 15.3 Å². The Morgan fingerprint density at radius 3 is 2.56 bits per heavy atom. The van der Waals surface area contributed by atoms with Gasteiger partial charge in [-0.1, -0.05) is 48.1 Å². The predicted molar refractivity (Wildman–Crippen MR) is 129 cm³/mol. The summed E-state index contributed by atoms with van der Waals surface area (Å²) in [6.07, 6.45) is 10.7. The zero-order chi connectivity index (χ0) is 23.5. The molecule has 1 aliphatic carbocycles. The summed E-state index contributed by atoms with van der Waals surface area (Å²) in [5.74, 6) is 0.328. The van der Waals surface area contributed by atoms with Crippen LogP contribution in [0.4, 0.5) is 0 Å². The van der Waals surface area contributed by atoms with Gasteiger partial charge in [0.1, 0.15) is 5.56 Å². The molecule has 1 aromatic carbocycles. The highest BCUT2D eigenvalue weighted by molar-refractivity contribution is 7.71. The Morgan fingerprint density at radius 1 is 1.06 bits per heavy atom. The van der Waals surface area contributed by atoms with Gasteiger partial charge in [-0.15, -0.1) is 10.2 Å². The Kier molecular flexibility index (Phi) is 5.96. The second-order valence-electron chi connectivity index (χ2n) is 7.94. The Bertz CT molecular complexity index is 1680. The number of aromatic nitrogens is 3. The molecular weight excluding hydrogens is 450 g/mol. The largest absolute Gasteiger partial charge is 0.494 e. The van der Waals surface area contributed by atoms with Crippen molar-refractivity contribution in [2.24, 2.45) is 20.7 Å². The topological polar surface area (TPSA) is 123 Å². The molecule has 9 nitrogen and oxygen atoms in total. The van der Waals surface area contributed by atoms with Crippen molar-refractivity contribution in [3.8, 4) is 5.88 Å². The van der Waals surface area contributed by atoms with E-state index in [1.165, 1.54) is 5.57 Å². The lowest BCUT2D eigenvalue weighted by atomic mass is 10.0. The fourth-order valence-electron chi connectivity index (χ4n) is 3.91. The number of hydrogen-bond acceptors (Lipinski definition) is 7. The molecule has 0 saturated carbocycles. The summed E-state index contributed by atoms with van der Waals surface area (Å²) in [6.45, 7) is 0.489. The van der Waals surface area contributed by atoms with Gasteiger partial charge in [0.05, 0.1) is 0 Å². The van der Waals surface area contributed by atoms with E-state index in [2.05, 4.69) is 42.8 Å². The maximum atomic E-state index is 12.6. The van der Waals surface area contributed by atoms with Crippen LogP contribution < -0.4 is 16.1 Å². The summed E-state index contributed by atoms with van der Waals surface area (Å²) in [5.41, 5.74) is 1.01. The second kappa shape index (κ2) is 9.36. The quantitative estimate of drug-likeness (QED) is 0.504. The normalized spacial score (nSPS) is 15.4. The lowest BCUT2D eigenvalue weighted by Gasteiger charge is -2.13. The molecule has 170 valence electrons. The van der Waals surface area contributed by atoms with Crippen LogP contribution in [0.15, 0.2) is 85.7 Å². The van der Waals surface area contributed by atoms with Crippen molar-refractivity contribution in [2.45, 2.75) is 25.8 Å². The van der Waals surface area contributed by atoms with Gasteiger partial charge in [0.25, 0.3) is 5.56 Å². The van der Waals surface area contributed by atoms with E-state index in [0.717, 1.165) is 35.0 Å². The monoisotopic (exact) mass is 471 g/mol. The van der Waals surface area contributed by atoms with Crippen LogP contribution in [0.2, 0.25) is 0 Å². The number of aromatic amines is 2. The minimum absolute atomic E-state index is 0.141. The molecular formula is C24H21N7O2S. The first kappa shape index (κ1) is 21.7. The predicted octanol–water partition coefficient (Wildman–Crippen LogP) is 3.62. The van der Waals surface area contributed by atoms with E-state index in [9.17, 15) is 9.90 Å². The van der Waals surface area contributed by atoms with Gasteiger partial charge < -0.3 is 10.1 Å². The molecule has 0 amide bonds. The number of nitrogens with one attached hydrogen (secondary N) is 2. The zero-order valence-corrected chi connectivity index (χ0v) is 18.9. The average molecular weight is 472 g/mol. The van der Waals surface area contributed by atoms with Crippen molar-refractivity contribution in [1.82, 2.24) is 14.5 Å². The Hall–Kier alpha value is -4.18. The molecule has 0 atom stereocenters. The van der Waals surface area contributed by atoms with Crippen molar-refractivity contribution < 1.29 is 5.11 Å². The first-order valence-corrected chi connectivity index (χ1v) is 11.2. The van der Waals surface area contributed by atoms with E-state index >= 15 is 0 Å². The maximum absolute atomic E-state index is 12.6. The first-order chi connectivity index (χ1) is 16.6. The molecule has 0 spiro atoms. The maximum Gasteiger partial charge on any atom is 0.262 e. The lowest BCUT2D eigenvalue weighted by Crippen LogP contribution is -2.19. The van der Waals surface area contributed by atoms with Crippen LogP contribution in [0.5, 0.6) is 5.88 Å². The highest BCUT2D eigenvalue weighted by Crippen LogP contribution is 2.19. The molecule has 0 saturated heterocycles. The third-order valence-electron chi connectivity index (χ3n) is 5.74. The van der Waals surface area contributed by atoms with Crippen LogP contribution in [0.3, 0.4) is 0 Å². The van der Waals surface area contributed by atoms with Gasteiger partial charge in [0.2, 0.25) is 11.7 Å². The van der Waals surface area contributed by atoms with Crippen LogP contribution >= 0.6 is 12.2 Å². The molecule has 0 radical (unpaired) electrons. The third-order valence-corrected chi connectivity index (χ3v) is 6.07. The highest BCUT2D eigenvalue weighted by atomic mass is 32.1. The van der Waals surface area contributed by atoms with Crippen molar-refractivity contribution >= 4 is 24.1 Å². The molecule has 2 aromatic heterocycles. The minimum Gasteiger partial charge on any atom is -0.494 e. The molecule has 0 bridgehead atoms. The van der Waals surface area contributed by atoms with Gasteiger partial charge in [0, 0.05) is 22.5 Å². The van der Waals surface area contributed by atoms with Gasteiger partial charge in [-0.25, -0.2) is 0 Å². The number of aromatic hydroxyl groups is 1. The van der Waals surface area contributed by atoms with Crippen molar-refractivity contribution in [2.75, 3.05) is 0 Å². The van der Waals surface area contributed by atoms with Crippen LogP contribution in [-0.2, 0) is 6.54 Å². The van der Waals surface area contributed by atoms with Crippen molar-refractivity contribution in [1.29, 1.82) is 0 Å². The molecule has 3 N–H and O–H groups in total. The number of allylic oxidation sites excluding steroid dienone is 4. The molecule has 34 heavy (non-hydrogen) atoms. The summed E-state index contributed by atoms with van der Waals surface area (Å²) in [6, 6.07) is 11.4. The molecule has 10 heteroatoms. The summed E-state index contributed by atoms with van der Waals surface area (Å²) >= 11 is 5.30. The SMILES string of the molecule is O=c1[nH]c(=S)n(CCC2=CC=CCC2)c(O)c1C=c1ccc(=c2ccc(=C3N=NN=N3)cc2)[nH]1. The second-order valence-corrected chi connectivity index (χ2v) is 8.33. The van der Waals surface area contributed by atoms with Crippen LogP contribution in [-0.4, -0.2) is 19.6 Å². The van der Waals surface area contributed by atoms with Gasteiger partial charge >= 0.3 is 0 Å². The van der Waals surface area contributed by atoms with Gasteiger partial charge in [-0.2, -0.15) is 0 Å². The zero-order valence-electron chi connectivity index (χ0n) is 18.1. The van der Waals surface area contributed by atoms with E-state index in [1.54, 1.807) is 10.6 Å². The summed E-state index contributed by atoms with van der Waals surface area (Å²) in [4.78, 5) is 18.5. The first-order valence-electron chi connectivity index (χ1n) is 10.8. The van der Waals surface area contributed by atoms with E-state index in [-0.39, 0.29) is 16.2 Å². The smallest absolute Gasteiger partial charge is 0.262 e. The van der Waals surface area contributed by atoms with Gasteiger partial charge in [-0.05, 0) is 65.4 Å². The molecule has 3 heterocycles. The fourth-order valence-corrected chi connectivity index (χ4v) is 4.18. The number of hydrogen-bond donors (Lipinski definition) is 3. The lowest BCUT2D eigenvalue weighted by molar-refractivity contribution is 0.402. The molecule has 0 unspecified atom stereocenters. The number of nitrogens with zero attached hydrogens (tertiary/aromatic N) is 5. The Morgan fingerprint density at radius 2 is 1.82 bits per heavy atom. The number of benzene rings is 1. The van der Waals surface area contributed by atoms with E-state index in [4.69, 9.17) is 12.2 Å². The molecule has 3 aromatic rings. The molecule has 1 aliphatic heterocycles. The number of rotatable bonds is 4. The third kappa shape index (κ3) is 4.48. The minimum atomic E-state index is -0.434. The average Bonchev–Trinajstić information content (AvgIpc) is 3.55. The van der Waals surface area contributed by atoms with Gasteiger partial charge in [0.15, 0.2) is 4.77 Å².